The summed E-state index contributed by atoms with van der Waals surface area (Å²) in [4.78, 5) is 22.2. The number of carbonyl (C=O) groups excluding carboxylic acids is 2. The quantitative estimate of drug-likeness (QED) is 0.520. The lowest BCUT2D eigenvalue weighted by molar-refractivity contribution is -0.136. The first-order valence-electron chi connectivity index (χ1n) is 4.87. The van der Waals surface area contributed by atoms with Crippen molar-refractivity contribution in [2.24, 2.45) is 0 Å². The smallest absolute Gasteiger partial charge is 0.198 e. The third-order valence-corrected chi connectivity index (χ3v) is 2.37. The Morgan fingerprint density at radius 3 is 1.33 bits per heavy atom. The van der Waals surface area contributed by atoms with Gasteiger partial charge in [0.15, 0.2) is 11.6 Å². The largest absolute Gasteiger partial charge is 0.291 e. The first-order chi connectivity index (χ1) is 5.80. The summed E-state index contributed by atoms with van der Waals surface area (Å²) < 4.78 is 0. The molecule has 2 nitrogen and oxygen atoms in total. The Balaban J connectivity index is 2.36. The fraction of sp³-hybridized carbons (Fsp3) is 0.800. The van der Waals surface area contributed by atoms with E-state index in [9.17, 15) is 9.59 Å². The molecule has 1 saturated carbocycles. The lowest BCUT2D eigenvalue weighted by Crippen LogP contribution is -2.13. The summed E-state index contributed by atoms with van der Waals surface area (Å²) >= 11 is 0. The van der Waals surface area contributed by atoms with Crippen molar-refractivity contribution in [3.05, 3.63) is 0 Å². The Labute approximate surface area is 73.3 Å². The van der Waals surface area contributed by atoms with E-state index in [0.717, 1.165) is 25.7 Å². The molecule has 1 fully saturated rings. The molecule has 0 aromatic heterocycles. The zero-order valence-electron chi connectivity index (χ0n) is 7.47. The summed E-state index contributed by atoms with van der Waals surface area (Å²) in [5.41, 5.74) is 0. The molecule has 0 atom stereocenters. The summed E-state index contributed by atoms with van der Waals surface area (Å²) in [5.74, 6) is -0.284. The van der Waals surface area contributed by atoms with Crippen molar-refractivity contribution in [3.63, 3.8) is 0 Å². The van der Waals surface area contributed by atoms with Crippen LogP contribution in [0.3, 0.4) is 0 Å². The molecule has 0 N–H and O–H groups in total. The van der Waals surface area contributed by atoms with Crippen LogP contribution in [0.25, 0.3) is 0 Å². The van der Waals surface area contributed by atoms with Crippen LogP contribution in [-0.2, 0) is 9.59 Å². The molecule has 0 unspecified atom stereocenters. The van der Waals surface area contributed by atoms with Gasteiger partial charge in [0.05, 0.1) is 0 Å². The maximum Gasteiger partial charge on any atom is 0.198 e. The van der Waals surface area contributed by atoms with E-state index in [2.05, 4.69) is 0 Å². The SMILES string of the molecule is O=C1CCCCCCCCC1=O. The van der Waals surface area contributed by atoms with Crippen LogP contribution >= 0.6 is 0 Å². The van der Waals surface area contributed by atoms with E-state index in [1.807, 2.05) is 0 Å². The van der Waals surface area contributed by atoms with Gasteiger partial charge >= 0.3 is 0 Å². The predicted molar refractivity (Wildman–Crippen MR) is 47.0 cm³/mol. The molecular formula is C10H16O2. The van der Waals surface area contributed by atoms with Gasteiger partial charge in [-0.15, -0.1) is 0 Å². The van der Waals surface area contributed by atoms with Gasteiger partial charge in [-0.05, 0) is 12.8 Å². The van der Waals surface area contributed by atoms with E-state index in [0.29, 0.717) is 12.8 Å². The molecule has 1 aliphatic rings. The molecule has 0 saturated heterocycles. The number of rotatable bonds is 0. The van der Waals surface area contributed by atoms with Crippen molar-refractivity contribution in [1.82, 2.24) is 0 Å². The summed E-state index contributed by atoms with van der Waals surface area (Å²) in [7, 11) is 0. The Morgan fingerprint density at radius 1 is 0.583 bits per heavy atom. The van der Waals surface area contributed by atoms with Gasteiger partial charge in [-0.25, -0.2) is 0 Å². The van der Waals surface area contributed by atoms with Gasteiger partial charge in [0.2, 0.25) is 0 Å². The molecule has 0 aromatic carbocycles. The highest BCUT2D eigenvalue weighted by Gasteiger charge is 2.13. The molecule has 1 aliphatic carbocycles. The summed E-state index contributed by atoms with van der Waals surface area (Å²) in [6.45, 7) is 0. The van der Waals surface area contributed by atoms with Crippen LogP contribution in [-0.4, -0.2) is 11.6 Å². The zero-order chi connectivity index (χ0) is 8.81. The molecule has 0 aromatic rings. The predicted octanol–water partition coefficient (Wildman–Crippen LogP) is 2.26. The van der Waals surface area contributed by atoms with Gasteiger partial charge in [0.1, 0.15) is 0 Å². The number of Topliss-reactive ketones (excluding diaryl/α,β-unsaturated/α-hetero) is 2. The molecule has 0 heterocycles. The molecule has 12 heavy (non-hydrogen) atoms. The first-order valence-corrected chi connectivity index (χ1v) is 4.87. The zero-order valence-corrected chi connectivity index (χ0v) is 7.47. The molecule has 1 rings (SSSR count). The maximum absolute atomic E-state index is 11.1. The number of hydrogen-bond acceptors (Lipinski definition) is 2. The molecule has 2 heteroatoms. The highest BCUT2D eigenvalue weighted by Crippen LogP contribution is 2.12. The van der Waals surface area contributed by atoms with E-state index >= 15 is 0 Å². The van der Waals surface area contributed by atoms with E-state index in [1.165, 1.54) is 12.8 Å². The minimum atomic E-state index is -0.142. The third kappa shape index (κ3) is 3.16. The lowest BCUT2D eigenvalue weighted by Gasteiger charge is -2.04. The second-order valence-electron chi connectivity index (χ2n) is 3.47. The Hall–Kier alpha value is -0.660. The number of carbonyl (C=O) groups is 2. The van der Waals surface area contributed by atoms with E-state index in [4.69, 9.17) is 0 Å². The molecule has 0 amide bonds. The first kappa shape index (κ1) is 9.43. The third-order valence-electron chi connectivity index (χ3n) is 2.37. The van der Waals surface area contributed by atoms with Crippen molar-refractivity contribution in [2.75, 3.05) is 0 Å². The van der Waals surface area contributed by atoms with Gasteiger partial charge < -0.3 is 0 Å². The average molecular weight is 168 g/mol. The Bertz CT molecular complexity index is 153. The van der Waals surface area contributed by atoms with E-state index in [1.54, 1.807) is 0 Å². The Kier molecular flexibility index (Phi) is 3.98. The number of ketones is 2. The van der Waals surface area contributed by atoms with Crippen molar-refractivity contribution in [2.45, 2.75) is 51.4 Å². The lowest BCUT2D eigenvalue weighted by atomic mass is 9.99. The van der Waals surface area contributed by atoms with Crippen LogP contribution in [0.2, 0.25) is 0 Å². The highest BCUT2D eigenvalue weighted by atomic mass is 16.2. The van der Waals surface area contributed by atoms with Gasteiger partial charge in [0.25, 0.3) is 0 Å². The fourth-order valence-corrected chi connectivity index (χ4v) is 1.56. The minimum absolute atomic E-state index is 0.142. The van der Waals surface area contributed by atoms with Gasteiger partial charge in [0, 0.05) is 12.8 Å². The van der Waals surface area contributed by atoms with Crippen molar-refractivity contribution >= 4 is 11.6 Å². The normalized spacial score (nSPS) is 22.3. The average Bonchev–Trinajstić information content (AvgIpc) is 2.08. The second-order valence-corrected chi connectivity index (χ2v) is 3.47. The topological polar surface area (TPSA) is 34.1 Å². The molecule has 0 radical (unpaired) electrons. The standard InChI is InChI=1S/C10H16O2/c11-9-7-5-3-1-2-4-6-8-10(9)12/h1-8H2. The summed E-state index contributed by atoms with van der Waals surface area (Å²) in [6.07, 6.45) is 7.45. The van der Waals surface area contributed by atoms with Crippen molar-refractivity contribution in [3.8, 4) is 0 Å². The van der Waals surface area contributed by atoms with Crippen LogP contribution in [0.5, 0.6) is 0 Å². The molecule has 0 bridgehead atoms. The highest BCUT2D eigenvalue weighted by molar-refractivity contribution is 6.37. The van der Waals surface area contributed by atoms with Crippen LogP contribution in [0.4, 0.5) is 0 Å². The van der Waals surface area contributed by atoms with Gasteiger partial charge in [-0.3, -0.25) is 9.59 Å². The van der Waals surface area contributed by atoms with Crippen LogP contribution in [0.1, 0.15) is 51.4 Å². The van der Waals surface area contributed by atoms with Gasteiger partial charge in [-0.1, -0.05) is 25.7 Å². The van der Waals surface area contributed by atoms with Crippen LogP contribution in [0.15, 0.2) is 0 Å². The summed E-state index contributed by atoms with van der Waals surface area (Å²) in [5, 5.41) is 0. The minimum Gasteiger partial charge on any atom is -0.291 e. The van der Waals surface area contributed by atoms with Crippen LogP contribution in [0, 0.1) is 0 Å². The van der Waals surface area contributed by atoms with Gasteiger partial charge in [-0.2, -0.15) is 0 Å². The van der Waals surface area contributed by atoms with Crippen LogP contribution < -0.4 is 0 Å². The van der Waals surface area contributed by atoms with E-state index in [-0.39, 0.29) is 11.6 Å². The molecule has 0 spiro atoms. The molecule has 0 aliphatic heterocycles. The van der Waals surface area contributed by atoms with Crippen molar-refractivity contribution < 1.29 is 9.59 Å². The number of hydrogen-bond donors (Lipinski definition) is 0. The Morgan fingerprint density at radius 2 is 0.917 bits per heavy atom. The summed E-state index contributed by atoms with van der Waals surface area (Å²) in [6, 6.07) is 0. The monoisotopic (exact) mass is 168 g/mol. The fourth-order valence-electron chi connectivity index (χ4n) is 1.56. The second kappa shape index (κ2) is 5.07. The molecular weight excluding hydrogens is 152 g/mol. The maximum atomic E-state index is 11.1. The van der Waals surface area contributed by atoms with Crippen molar-refractivity contribution in [1.29, 1.82) is 0 Å². The molecule has 68 valence electrons. The van der Waals surface area contributed by atoms with E-state index < -0.39 is 0 Å².